The quantitative estimate of drug-likeness (QED) is 0.669. The molecule has 0 saturated carbocycles. The maximum atomic E-state index is 12.8. The van der Waals surface area contributed by atoms with Crippen LogP contribution >= 0.6 is 0 Å². The molecule has 1 N–H and O–H groups in total. The third kappa shape index (κ3) is 4.31. The molecule has 7 nitrogen and oxygen atoms in total. The van der Waals surface area contributed by atoms with E-state index in [1.807, 2.05) is 35.1 Å². The Kier molecular flexibility index (Phi) is 5.65. The molecule has 5 rings (SSSR count). The van der Waals surface area contributed by atoms with Crippen molar-refractivity contribution in [3.05, 3.63) is 60.0 Å². The van der Waals surface area contributed by atoms with Gasteiger partial charge in [0.1, 0.15) is 5.82 Å². The van der Waals surface area contributed by atoms with Gasteiger partial charge in [-0.05, 0) is 38.2 Å². The Balaban J connectivity index is 1.31. The molecular formula is C24H28N6O. The number of amides is 1. The lowest BCUT2D eigenvalue weighted by molar-refractivity contribution is -0.125. The van der Waals surface area contributed by atoms with Crippen LogP contribution in [0.4, 0.5) is 5.82 Å². The van der Waals surface area contributed by atoms with E-state index in [2.05, 4.69) is 27.4 Å². The lowest BCUT2D eigenvalue weighted by Gasteiger charge is -2.34. The number of anilines is 1. The number of aromatic nitrogens is 4. The van der Waals surface area contributed by atoms with Gasteiger partial charge in [0.05, 0.1) is 12.5 Å². The lowest BCUT2D eigenvalue weighted by Crippen LogP contribution is -2.44. The SMILES string of the molecule is O=C(NCCn1cccn1)[C@@H]1CCCN(c2nc(-c3ccccc3)nc3c2CCC3)C1. The Morgan fingerprint density at radius 3 is 2.84 bits per heavy atom. The highest BCUT2D eigenvalue weighted by Crippen LogP contribution is 2.33. The van der Waals surface area contributed by atoms with Gasteiger partial charge in [0, 0.05) is 48.8 Å². The van der Waals surface area contributed by atoms with Gasteiger partial charge < -0.3 is 10.2 Å². The molecule has 160 valence electrons. The second kappa shape index (κ2) is 8.88. The third-order valence-corrected chi connectivity index (χ3v) is 6.23. The zero-order valence-corrected chi connectivity index (χ0v) is 17.7. The van der Waals surface area contributed by atoms with Crippen LogP contribution < -0.4 is 10.2 Å². The fourth-order valence-corrected chi connectivity index (χ4v) is 4.64. The number of carbonyl (C=O) groups is 1. The molecular weight excluding hydrogens is 388 g/mol. The molecule has 0 unspecified atom stereocenters. The summed E-state index contributed by atoms with van der Waals surface area (Å²) >= 11 is 0. The fourth-order valence-electron chi connectivity index (χ4n) is 4.64. The van der Waals surface area contributed by atoms with Crippen LogP contribution in [-0.2, 0) is 24.2 Å². The van der Waals surface area contributed by atoms with Gasteiger partial charge in [0.2, 0.25) is 5.91 Å². The van der Waals surface area contributed by atoms with Crippen molar-refractivity contribution >= 4 is 11.7 Å². The minimum Gasteiger partial charge on any atom is -0.355 e. The molecule has 31 heavy (non-hydrogen) atoms. The van der Waals surface area contributed by atoms with Gasteiger partial charge in [-0.3, -0.25) is 9.48 Å². The number of fused-ring (bicyclic) bond motifs is 1. The number of hydrogen-bond donors (Lipinski definition) is 1. The van der Waals surface area contributed by atoms with E-state index in [4.69, 9.17) is 9.97 Å². The summed E-state index contributed by atoms with van der Waals surface area (Å²) in [6, 6.07) is 12.1. The summed E-state index contributed by atoms with van der Waals surface area (Å²) in [6.07, 6.45) is 8.74. The van der Waals surface area contributed by atoms with Crippen molar-refractivity contribution in [3.8, 4) is 11.4 Å². The van der Waals surface area contributed by atoms with Gasteiger partial charge in [-0.1, -0.05) is 30.3 Å². The summed E-state index contributed by atoms with van der Waals surface area (Å²) in [5.41, 5.74) is 3.50. The highest BCUT2D eigenvalue weighted by Gasteiger charge is 2.30. The first-order valence-electron chi connectivity index (χ1n) is 11.2. The number of nitrogens with one attached hydrogen (secondary N) is 1. The highest BCUT2D eigenvalue weighted by atomic mass is 16.1. The Morgan fingerprint density at radius 2 is 2.00 bits per heavy atom. The van der Waals surface area contributed by atoms with E-state index in [0.717, 1.165) is 55.9 Å². The molecule has 1 aliphatic heterocycles. The predicted molar refractivity (Wildman–Crippen MR) is 120 cm³/mol. The van der Waals surface area contributed by atoms with E-state index in [1.54, 1.807) is 6.20 Å². The van der Waals surface area contributed by atoms with Gasteiger partial charge in [-0.15, -0.1) is 0 Å². The number of aryl methyl sites for hydroxylation is 1. The molecule has 1 aliphatic carbocycles. The smallest absolute Gasteiger partial charge is 0.224 e. The second-order valence-electron chi connectivity index (χ2n) is 8.36. The molecule has 0 bridgehead atoms. The largest absolute Gasteiger partial charge is 0.355 e. The van der Waals surface area contributed by atoms with Crippen LogP contribution in [0.15, 0.2) is 48.8 Å². The summed E-state index contributed by atoms with van der Waals surface area (Å²) < 4.78 is 1.84. The van der Waals surface area contributed by atoms with Crippen LogP contribution in [0.3, 0.4) is 0 Å². The molecule has 0 radical (unpaired) electrons. The summed E-state index contributed by atoms with van der Waals surface area (Å²) in [5, 5.41) is 7.28. The van der Waals surface area contributed by atoms with E-state index in [0.29, 0.717) is 19.6 Å². The van der Waals surface area contributed by atoms with Crippen LogP contribution in [0.25, 0.3) is 11.4 Å². The monoisotopic (exact) mass is 416 g/mol. The normalized spacial score (nSPS) is 18.1. The van der Waals surface area contributed by atoms with E-state index >= 15 is 0 Å². The van der Waals surface area contributed by atoms with Crippen LogP contribution in [0.5, 0.6) is 0 Å². The van der Waals surface area contributed by atoms with Crippen LogP contribution in [-0.4, -0.2) is 45.3 Å². The topological polar surface area (TPSA) is 75.9 Å². The van der Waals surface area contributed by atoms with Crippen LogP contribution in [0.2, 0.25) is 0 Å². The molecule has 3 heterocycles. The maximum Gasteiger partial charge on any atom is 0.224 e. The molecule has 0 spiro atoms. The van der Waals surface area contributed by atoms with Crippen molar-refractivity contribution in [3.63, 3.8) is 0 Å². The second-order valence-corrected chi connectivity index (χ2v) is 8.36. The number of benzene rings is 1. The van der Waals surface area contributed by atoms with E-state index in [9.17, 15) is 4.79 Å². The Bertz CT molecular complexity index is 1030. The Morgan fingerprint density at radius 1 is 1.10 bits per heavy atom. The Hall–Kier alpha value is -3.22. The van der Waals surface area contributed by atoms with Crippen LogP contribution in [0, 0.1) is 5.92 Å². The zero-order chi connectivity index (χ0) is 21.0. The molecule has 1 atom stereocenters. The average molecular weight is 417 g/mol. The van der Waals surface area contributed by atoms with Gasteiger partial charge in [-0.2, -0.15) is 5.10 Å². The number of rotatable bonds is 6. The molecule has 1 fully saturated rings. The highest BCUT2D eigenvalue weighted by molar-refractivity contribution is 5.79. The van der Waals surface area contributed by atoms with Crippen LogP contribution in [0.1, 0.15) is 30.5 Å². The van der Waals surface area contributed by atoms with Crippen molar-refractivity contribution in [2.75, 3.05) is 24.5 Å². The number of nitrogens with zero attached hydrogens (tertiary/aromatic N) is 5. The van der Waals surface area contributed by atoms with Gasteiger partial charge in [0.15, 0.2) is 5.82 Å². The standard InChI is InChI=1S/C24H28N6O/c31-24(25-13-16-30-15-6-12-26-30)19-9-5-14-29(17-19)23-20-10-4-11-21(20)27-22(28-23)18-7-2-1-3-8-18/h1-3,6-8,12,15,19H,4-5,9-11,13-14,16-17H2,(H,25,31)/t19-/m1/s1. The summed E-state index contributed by atoms with van der Waals surface area (Å²) in [5.74, 6) is 1.95. The maximum absolute atomic E-state index is 12.8. The minimum absolute atomic E-state index is 0.0152. The summed E-state index contributed by atoms with van der Waals surface area (Å²) in [4.78, 5) is 25.0. The summed E-state index contributed by atoms with van der Waals surface area (Å²) in [6.45, 7) is 2.94. The van der Waals surface area contributed by atoms with E-state index < -0.39 is 0 Å². The first-order chi connectivity index (χ1) is 15.3. The molecule has 1 aromatic carbocycles. The fraction of sp³-hybridized carbons (Fsp3) is 0.417. The number of hydrogen-bond acceptors (Lipinski definition) is 5. The third-order valence-electron chi connectivity index (χ3n) is 6.23. The minimum atomic E-state index is -0.0152. The first kappa shape index (κ1) is 19.7. The average Bonchev–Trinajstić information content (AvgIpc) is 3.51. The molecule has 3 aromatic rings. The van der Waals surface area contributed by atoms with Gasteiger partial charge in [-0.25, -0.2) is 9.97 Å². The van der Waals surface area contributed by atoms with Crippen molar-refractivity contribution in [2.45, 2.75) is 38.6 Å². The van der Waals surface area contributed by atoms with Crippen molar-refractivity contribution in [1.82, 2.24) is 25.1 Å². The number of carbonyl (C=O) groups excluding carboxylic acids is 1. The molecule has 2 aliphatic rings. The van der Waals surface area contributed by atoms with E-state index in [-0.39, 0.29) is 11.8 Å². The zero-order valence-electron chi connectivity index (χ0n) is 17.7. The molecule has 1 amide bonds. The van der Waals surface area contributed by atoms with Crippen molar-refractivity contribution in [2.24, 2.45) is 5.92 Å². The van der Waals surface area contributed by atoms with Crippen molar-refractivity contribution < 1.29 is 4.79 Å². The lowest BCUT2D eigenvalue weighted by atomic mass is 9.96. The Labute approximate surface area is 182 Å². The predicted octanol–water partition coefficient (Wildman–Crippen LogP) is 2.86. The van der Waals surface area contributed by atoms with Crippen molar-refractivity contribution in [1.29, 1.82) is 0 Å². The van der Waals surface area contributed by atoms with Gasteiger partial charge >= 0.3 is 0 Å². The summed E-state index contributed by atoms with van der Waals surface area (Å²) in [7, 11) is 0. The first-order valence-corrected chi connectivity index (χ1v) is 11.2. The number of piperidine rings is 1. The molecule has 1 saturated heterocycles. The van der Waals surface area contributed by atoms with Gasteiger partial charge in [0.25, 0.3) is 0 Å². The molecule has 2 aromatic heterocycles. The van der Waals surface area contributed by atoms with E-state index in [1.165, 1.54) is 11.3 Å². The molecule has 7 heteroatoms.